The van der Waals surface area contributed by atoms with Gasteiger partial charge in [-0.1, -0.05) is 13.3 Å². The molecule has 0 aliphatic carbocycles. The molecule has 0 aliphatic rings. The number of hydrogen-bond acceptors (Lipinski definition) is 0. The standard InChI is InChI=1S/C24BF20.C4H11P/c26-5-1(6(27)14(35)21(42)13(5)34)25(2-7(28)15(36)22(43)16(37)8(2)29,3-9(30)17(38)23(44)18(39)10(3)31)4-11(32)19(40)24(45)20(41)12(4)33;1-2-3-4-5/h;2-5H2,1H3/q-1;/p+1. The lowest BCUT2D eigenvalue weighted by atomic mass is 9.12. The summed E-state index contributed by atoms with van der Waals surface area (Å²) in [6.45, 7) is 2.22. The minimum atomic E-state index is -7.22. The monoisotopic (exact) mass is 770 g/mol. The number of rotatable bonds is 6. The lowest BCUT2D eigenvalue weighted by Crippen LogP contribution is -2.81. The van der Waals surface area contributed by atoms with Gasteiger partial charge in [-0.3, -0.25) is 0 Å². The van der Waals surface area contributed by atoms with Gasteiger partial charge >= 0.3 is 0 Å². The van der Waals surface area contributed by atoms with E-state index in [1.807, 2.05) is 9.24 Å². The van der Waals surface area contributed by atoms with E-state index >= 15 is 35.1 Å². The van der Waals surface area contributed by atoms with Crippen molar-refractivity contribution in [3.8, 4) is 0 Å². The molecule has 4 aromatic rings. The first kappa shape index (κ1) is 40.4. The molecule has 0 fully saturated rings. The Labute approximate surface area is 267 Å². The van der Waals surface area contributed by atoms with Crippen LogP contribution in [0.3, 0.4) is 0 Å². The molecule has 0 spiro atoms. The van der Waals surface area contributed by atoms with Crippen LogP contribution in [0, 0.1) is 116 Å². The molecule has 0 bridgehead atoms. The second kappa shape index (κ2) is 14.7. The molecule has 4 aromatic carbocycles. The fourth-order valence-electron chi connectivity index (χ4n) is 5.12. The van der Waals surface area contributed by atoms with Crippen molar-refractivity contribution in [1.82, 2.24) is 0 Å². The maximum atomic E-state index is 15.4. The van der Waals surface area contributed by atoms with Gasteiger partial charge < -0.3 is 0 Å². The molecule has 0 heterocycles. The van der Waals surface area contributed by atoms with Gasteiger partial charge in [-0.25, -0.2) is 87.8 Å². The van der Waals surface area contributed by atoms with E-state index in [1.54, 1.807) is 0 Å². The van der Waals surface area contributed by atoms with Crippen LogP contribution in [0.2, 0.25) is 0 Å². The summed E-state index contributed by atoms with van der Waals surface area (Å²) in [7, 11) is 2.05. The van der Waals surface area contributed by atoms with Crippen LogP contribution in [0.15, 0.2) is 0 Å². The third-order valence-electron chi connectivity index (χ3n) is 7.31. The highest BCUT2D eigenvalue weighted by Crippen LogP contribution is 2.30. The third-order valence-corrected chi connectivity index (χ3v) is 7.81. The normalized spacial score (nSPS) is 11.7. The highest BCUT2D eigenvalue weighted by Gasteiger charge is 2.52. The Hall–Kier alpha value is -4.03. The molecule has 0 nitrogen and oxygen atoms in total. The smallest absolute Gasteiger partial charge is 0.200 e. The molecular weight excluding hydrogens is 758 g/mol. The highest BCUT2D eigenvalue weighted by molar-refractivity contribution is 7.20. The Morgan fingerprint density at radius 3 is 0.540 bits per heavy atom. The molecule has 0 saturated heterocycles. The Morgan fingerprint density at radius 2 is 0.440 bits per heavy atom. The fourth-order valence-corrected chi connectivity index (χ4v) is 5.62. The van der Waals surface area contributed by atoms with Crippen molar-refractivity contribution in [3.05, 3.63) is 116 Å². The van der Waals surface area contributed by atoms with E-state index in [-0.39, 0.29) is 0 Å². The largest absolute Gasteiger partial charge is 0.207 e. The first-order valence-electron chi connectivity index (χ1n) is 13.1. The number of benzene rings is 4. The molecule has 4 rings (SSSR count). The minimum Gasteiger partial charge on any atom is -0.207 e. The van der Waals surface area contributed by atoms with Crippen molar-refractivity contribution in [2.24, 2.45) is 0 Å². The predicted octanol–water partition coefficient (Wildman–Crippen LogP) is 7.24. The Morgan fingerprint density at radius 1 is 0.300 bits per heavy atom. The van der Waals surface area contributed by atoms with Crippen molar-refractivity contribution < 1.29 is 87.8 Å². The molecule has 0 saturated carbocycles. The zero-order chi connectivity index (χ0) is 38.5. The summed E-state index contributed by atoms with van der Waals surface area (Å²) in [5.41, 5.74) is -14.3. The van der Waals surface area contributed by atoms with E-state index in [9.17, 15) is 52.7 Å². The van der Waals surface area contributed by atoms with E-state index in [1.165, 1.54) is 19.0 Å². The number of unbranched alkanes of at least 4 members (excludes halogenated alkanes) is 1. The molecule has 0 aliphatic heterocycles. The Kier molecular flexibility index (Phi) is 11.9. The second-order valence-electron chi connectivity index (χ2n) is 10.0. The lowest BCUT2D eigenvalue weighted by Gasteiger charge is -2.44. The first-order chi connectivity index (χ1) is 23.1. The highest BCUT2D eigenvalue weighted by atomic mass is 31.0. The Balaban J connectivity index is 0.00000126. The first-order valence-corrected chi connectivity index (χ1v) is 14.1. The molecule has 1 atom stereocenters. The quantitative estimate of drug-likeness (QED) is 0.0639. The molecule has 0 aromatic heterocycles. The summed E-state index contributed by atoms with van der Waals surface area (Å²) in [6, 6.07) is 0. The summed E-state index contributed by atoms with van der Waals surface area (Å²) >= 11 is 0. The average molecular weight is 770 g/mol. The molecule has 0 radical (unpaired) electrons. The van der Waals surface area contributed by atoms with E-state index in [4.69, 9.17) is 0 Å². The average Bonchev–Trinajstić information content (AvgIpc) is 3.08. The molecule has 22 heteroatoms. The lowest BCUT2D eigenvalue weighted by molar-refractivity contribution is 0.378. The SMILES string of the molecule is CCCC[PH3+].Fc1c(F)c(F)c([B-](c2c(F)c(F)c(F)c(F)c2F)(c2c(F)c(F)c(F)c(F)c2F)c2c(F)c(F)c(F)c(F)c2F)c(F)c1F. The van der Waals surface area contributed by atoms with Gasteiger partial charge in [0.15, 0.2) is 69.8 Å². The zero-order valence-corrected chi connectivity index (χ0v) is 25.4. The number of hydrogen-bond donors (Lipinski definition) is 0. The maximum Gasteiger partial charge on any atom is 0.200 e. The van der Waals surface area contributed by atoms with Crippen molar-refractivity contribution >= 4 is 37.2 Å². The van der Waals surface area contributed by atoms with Gasteiger partial charge in [-0.2, -0.15) is 0 Å². The molecule has 50 heavy (non-hydrogen) atoms. The van der Waals surface area contributed by atoms with Crippen LogP contribution in [0.1, 0.15) is 19.8 Å². The van der Waals surface area contributed by atoms with Crippen LogP contribution in [0.5, 0.6) is 0 Å². The van der Waals surface area contributed by atoms with E-state index in [0.29, 0.717) is 0 Å². The van der Waals surface area contributed by atoms with E-state index in [2.05, 4.69) is 6.92 Å². The Bertz CT molecular complexity index is 1630. The van der Waals surface area contributed by atoms with Gasteiger partial charge in [-0.15, -0.1) is 21.9 Å². The van der Waals surface area contributed by atoms with E-state index < -0.39 is 144 Å². The van der Waals surface area contributed by atoms with Gasteiger partial charge in [0.2, 0.25) is 0 Å². The zero-order valence-electron chi connectivity index (χ0n) is 24.0. The van der Waals surface area contributed by atoms with E-state index in [0.717, 1.165) is 0 Å². The van der Waals surface area contributed by atoms with Gasteiger partial charge in [0.1, 0.15) is 52.7 Å². The molecular formula is C28H12BF20P. The van der Waals surface area contributed by atoms with Gasteiger partial charge in [0.05, 0.1) is 6.16 Å². The summed E-state index contributed by atoms with van der Waals surface area (Å²) in [4.78, 5) is 0. The predicted molar refractivity (Wildman–Crippen MR) is 140 cm³/mol. The maximum absolute atomic E-state index is 15.4. The van der Waals surface area contributed by atoms with Crippen LogP contribution in [-0.2, 0) is 0 Å². The summed E-state index contributed by atoms with van der Waals surface area (Å²) in [5, 5.41) is 0. The number of halogens is 20. The second-order valence-corrected chi connectivity index (χ2v) is 10.7. The summed E-state index contributed by atoms with van der Waals surface area (Å²) < 4.78 is 294. The molecule has 0 amide bonds. The van der Waals surface area contributed by atoms with Crippen LogP contribution in [0.25, 0.3) is 0 Å². The minimum absolute atomic E-state index is 1.35. The van der Waals surface area contributed by atoms with Gasteiger partial charge in [-0.05, 0) is 15.7 Å². The topological polar surface area (TPSA) is 0 Å². The van der Waals surface area contributed by atoms with Crippen LogP contribution < -0.4 is 21.9 Å². The fraction of sp³-hybridized carbons (Fsp3) is 0.143. The van der Waals surface area contributed by atoms with Crippen LogP contribution in [-0.4, -0.2) is 12.3 Å². The van der Waals surface area contributed by atoms with Crippen molar-refractivity contribution in [2.45, 2.75) is 19.8 Å². The van der Waals surface area contributed by atoms with Crippen molar-refractivity contribution in [1.29, 1.82) is 0 Å². The summed E-state index contributed by atoms with van der Waals surface area (Å²) in [6.07, 6.45) is -3.09. The van der Waals surface area contributed by atoms with Crippen molar-refractivity contribution in [2.75, 3.05) is 6.16 Å². The van der Waals surface area contributed by atoms with Gasteiger partial charge in [0, 0.05) is 0 Å². The van der Waals surface area contributed by atoms with Crippen LogP contribution >= 0.6 is 9.24 Å². The third kappa shape index (κ3) is 5.84. The van der Waals surface area contributed by atoms with Crippen molar-refractivity contribution in [3.63, 3.8) is 0 Å². The van der Waals surface area contributed by atoms with Crippen LogP contribution in [0.4, 0.5) is 87.8 Å². The summed E-state index contributed by atoms with van der Waals surface area (Å²) in [5.74, 6) is -71.4. The van der Waals surface area contributed by atoms with Gasteiger partial charge in [0.25, 0.3) is 0 Å². The molecule has 0 N–H and O–H groups in total. The molecule has 1 unspecified atom stereocenters. The molecule has 272 valence electrons.